The van der Waals surface area contributed by atoms with Gasteiger partial charge in [-0.3, -0.25) is 0 Å². The molecule has 1 aliphatic rings. The minimum absolute atomic E-state index is 0.326. The van der Waals surface area contributed by atoms with Crippen LogP contribution in [0.25, 0.3) is 11.1 Å². The van der Waals surface area contributed by atoms with Crippen molar-refractivity contribution in [3.63, 3.8) is 0 Å². The molecule has 0 aromatic heterocycles. The van der Waals surface area contributed by atoms with Crippen molar-refractivity contribution in [2.24, 2.45) is 5.41 Å². The molecule has 0 fully saturated rings. The molecule has 0 radical (unpaired) electrons. The normalized spacial score (nSPS) is 17.7. The predicted molar refractivity (Wildman–Crippen MR) is 94.4 cm³/mol. The van der Waals surface area contributed by atoms with E-state index >= 15 is 0 Å². The van der Waals surface area contributed by atoms with E-state index in [4.69, 9.17) is 15.1 Å². The Kier molecular flexibility index (Phi) is 4.37. The number of benzene rings is 2. The van der Waals surface area contributed by atoms with Crippen molar-refractivity contribution in [1.82, 2.24) is 5.32 Å². The third kappa shape index (κ3) is 3.43. The molecule has 5 heteroatoms. The number of hydrogen-bond acceptors (Lipinski definition) is 3. The first kappa shape index (κ1) is 16.8. The summed E-state index contributed by atoms with van der Waals surface area (Å²) in [5.41, 5.74) is 3.46. The largest absolute Gasteiger partial charge is 0.493 e. The molecule has 128 valence electrons. The van der Waals surface area contributed by atoms with Crippen LogP contribution in [0.3, 0.4) is 0 Å². The molecular weight excluding hydrogens is 316 g/mol. The Balaban J connectivity index is 1.99. The summed E-state index contributed by atoms with van der Waals surface area (Å²) in [5, 5.41) is 20.6. The van der Waals surface area contributed by atoms with Gasteiger partial charge in [-0.1, -0.05) is 50.2 Å². The topological polar surface area (TPSA) is 82.3 Å². The molecule has 0 saturated carbocycles. The second-order valence-electron chi connectivity index (χ2n) is 6.95. The fourth-order valence-electron chi connectivity index (χ4n) is 3.19. The van der Waals surface area contributed by atoms with Crippen LogP contribution in [0.1, 0.15) is 31.0 Å². The van der Waals surface area contributed by atoms with E-state index in [9.17, 15) is 4.79 Å². The Hall–Kier alpha value is -3.00. The highest BCUT2D eigenvalue weighted by Gasteiger charge is 2.38. The third-order valence-electron chi connectivity index (χ3n) is 4.52. The molecule has 5 nitrogen and oxygen atoms in total. The van der Waals surface area contributed by atoms with E-state index in [1.165, 1.54) is 0 Å². The number of rotatable bonds is 3. The van der Waals surface area contributed by atoms with Crippen LogP contribution in [-0.4, -0.2) is 17.8 Å². The van der Waals surface area contributed by atoms with Gasteiger partial charge >= 0.3 is 6.09 Å². The minimum Gasteiger partial charge on any atom is -0.493 e. The summed E-state index contributed by atoms with van der Waals surface area (Å²) in [6, 6.07) is 15.5. The third-order valence-corrected chi connectivity index (χ3v) is 4.52. The van der Waals surface area contributed by atoms with E-state index in [1.807, 2.05) is 56.3 Å². The molecule has 25 heavy (non-hydrogen) atoms. The van der Waals surface area contributed by atoms with Gasteiger partial charge in [0, 0.05) is 11.0 Å². The summed E-state index contributed by atoms with van der Waals surface area (Å²) >= 11 is 0. The second-order valence-corrected chi connectivity index (χ2v) is 6.95. The van der Waals surface area contributed by atoms with E-state index in [1.54, 1.807) is 0 Å². The highest BCUT2D eigenvalue weighted by atomic mass is 16.5. The molecule has 3 rings (SSSR count). The van der Waals surface area contributed by atoms with Crippen molar-refractivity contribution < 1.29 is 14.6 Å². The maximum atomic E-state index is 11.2. The van der Waals surface area contributed by atoms with Crippen LogP contribution in [0.4, 0.5) is 4.79 Å². The van der Waals surface area contributed by atoms with Crippen LogP contribution in [0, 0.1) is 16.7 Å². The van der Waals surface area contributed by atoms with Crippen LogP contribution in [0.2, 0.25) is 0 Å². The number of carboxylic acid groups (broad SMARTS) is 1. The van der Waals surface area contributed by atoms with Gasteiger partial charge in [-0.05, 0) is 22.8 Å². The maximum Gasteiger partial charge on any atom is 0.405 e. The van der Waals surface area contributed by atoms with Crippen molar-refractivity contribution in [3.8, 4) is 22.9 Å². The lowest BCUT2D eigenvalue weighted by Crippen LogP contribution is -2.43. The molecular formula is C20H20N2O3. The number of nitrogens with one attached hydrogen (secondary N) is 1. The van der Waals surface area contributed by atoms with Crippen LogP contribution < -0.4 is 10.1 Å². The number of amides is 1. The monoisotopic (exact) mass is 336 g/mol. The Morgan fingerprint density at radius 2 is 2.08 bits per heavy atom. The average molecular weight is 336 g/mol. The van der Waals surface area contributed by atoms with Crippen LogP contribution >= 0.6 is 0 Å². The van der Waals surface area contributed by atoms with E-state index in [0.717, 1.165) is 22.3 Å². The predicted octanol–water partition coefficient (Wildman–Crippen LogP) is 4.15. The molecule has 1 heterocycles. The molecule has 0 saturated heterocycles. The highest BCUT2D eigenvalue weighted by molar-refractivity contribution is 5.69. The van der Waals surface area contributed by atoms with Gasteiger partial charge in [-0.15, -0.1) is 0 Å². The first-order valence-corrected chi connectivity index (χ1v) is 8.13. The summed E-state index contributed by atoms with van der Waals surface area (Å²) in [6.45, 7) is 4.40. The summed E-state index contributed by atoms with van der Waals surface area (Å²) in [7, 11) is 0. The molecule has 1 amide bonds. The smallest absolute Gasteiger partial charge is 0.405 e. The fraction of sp³-hybridized carbons (Fsp3) is 0.300. The molecule has 1 aliphatic heterocycles. The molecule has 0 bridgehead atoms. The molecule has 2 aromatic carbocycles. The van der Waals surface area contributed by atoms with Gasteiger partial charge in [0.15, 0.2) is 0 Å². The zero-order valence-corrected chi connectivity index (χ0v) is 14.2. The Morgan fingerprint density at radius 1 is 1.32 bits per heavy atom. The van der Waals surface area contributed by atoms with Gasteiger partial charge in [0.25, 0.3) is 0 Å². The molecule has 1 atom stereocenters. The van der Waals surface area contributed by atoms with Gasteiger partial charge < -0.3 is 15.2 Å². The molecule has 0 aliphatic carbocycles. The van der Waals surface area contributed by atoms with Gasteiger partial charge in [0.2, 0.25) is 0 Å². The quantitative estimate of drug-likeness (QED) is 0.882. The Labute approximate surface area is 146 Å². The zero-order chi connectivity index (χ0) is 18.0. The number of fused-ring (bicyclic) bond motifs is 1. The first-order valence-electron chi connectivity index (χ1n) is 8.13. The lowest BCUT2D eigenvalue weighted by Gasteiger charge is -2.39. The summed E-state index contributed by atoms with van der Waals surface area (Å²) < 4.78 is 5.91. The molecule has 2 N–H and O–H groups in total. The maximum absolute atomic E-state index is 11.2. The average Bonchev–Trinajstić information content (AvgIpc) is 2.57. The molecule has 1 unspecified atom stereocenters. The van der Waals surface area contributed by atoms with Crippen molar-refractivity contribution in [3.05, 3.63) is 53.6 Å². The van der Waals surface area contributed by atoms with Crippen LogP contribution in [0.15, 0.2) is 42.5 Å². The Bertz CT molecular complexity index is 852. The second kappa shape index (κ2) is 6.48. The van der Waals surface area contributed by atoms with E-state index in [0.29, 0.717) is 18.8 Å². The number of nitrogens with zero attached hydrogens (tertiary/aromatic N) is 1. The number of ether oxygens (including phenoxy) is 1. The van der Waals surface area contributed by atoms with E-state index in [-0.39, 0.29) is 11.5 Å². The molecule has 2 aromatic rings. The lowest BCUT2D eigenvalue weighted by atomic mass is 9.78. The standard InChI is InChI=1S/C20H20N2O3/c1-20(2)12-25-17-11-15(6-7-16(17)18(20)22-19(23)24)14-5-3-4-13(10-14)8-9-21/h3-7,10-11,18,22H,8,12H2,1-2H3,(H,23,24). The van der Waals surface area contributed by atoms with Crippen molar-refractivity contribution >= 4 is 6.09 Å². The number of hydrogen-bond donors (Lipinski definition) is 2. The van der Waals surface area contributed by atoms with Gasteiger partial charge in [0.1, 0.15) is 5.75 Å². The van der Waals surface area contributed by atoms with E-state index < -0.39 is 6.09 Å². The van der Waals surface area contributed by atoms with Crippen molar-refractivity contribution in [1.29, 1.82) is 5.26 Å². The van der Waals surface area contributed by atoms with Gasteiger partial charge in [-0.25, -0.2) is 4.79 Å². The van der Waals surface area contributed by atoms with Crippen LogP contribution in [-0.2, 0) is 6.42 Å². The number of nitriles is 1. The highest BCUT2D eigenvalue weighted by Crippen LogP contribution is 2.44. The van der Waals surface area contributed by atoms with E-state index in [2.05, 4.69) is 11.4 Å². The summed E-state index contributed by atoms with van der Waals surface area (Å²) in [5.74, 6) is 0.696. The minimum atomic E-state index is -1.04. The lowest BCUT2D eigenvalue weighted by molar-refractivity contribution is 0.0996. The number of carbonyl (C=O) groups is 1. The first-order chi connectivity index (χ1) is 11.9. The molecule has 0 spiro atoms. The summed E-state index contributed by atoms with van der Waals surface area (Å²) in [4.78, 5) is 11.2. The van der Waals surface area contributed by atoms with Crippen molar-refractivity contribution in [2.45, 2.75) is 26.3 Å². The zero-order valence-electron chi connectivity index (χ0n) is 14.2. The van der Waals surface area contributed by atoms with Gasteiger partial charge in [-0.2, -0.15) is 5.26 Å². The SMILES string of the molecule is CC1(C)COc2cc(-c3cccc(CC#N)c3)ccc2C1NC(=O)O. The summed E-state index contributed by atoms with van der Waals surface area (Å²) in [6.07, 6.45) is -0.673. The van der Waals surface area contributed by atoms with Crippen LogP contribution in [0.5, 0.6) is 5.75 Å². The van der Waals surface area contributed by atoms with Crippen molar-refractivity contribution in [2.75, 3.05) is 6.61 Å². The fourth-order valence-corrected chi connectivity index (χ4v) is 3.19. The Morgan fingerprint density at radius 3 is 2.80 bits per heavy atom. The van der Waals surface area contributed by atoms with Gasteiger partial charge in [0.05, 0.1) is 25.1 Å².